The second kappa shape index (κ2) is 51.8. The number of unbranched alkanes of at least 4 members (excludes halogenated alkanes) is 2. The van der Waals surface area contributed by atoms with E-state index in [2.05, 4.69) is 78.8 Å². The first-order valence-corrected chi connectivity index (χ1v) is 39.6. The summed E-state index contributed by atoms with van der Waals surface area (Å²) in [5.41, 5.74) is 41.0. The second-order valence-electron chi connectivity index (χ2n) is 28.6. The number of rotatable bonds is 55. The molecule has 0 unspecified atom stereocenters. The van der Waals surface area contributed by atoms with Crippen LogP contribution >= 0.6 is 11.8 Å². The molecule has 632 valence electrons. The second-order valence-corrected chi connectivity index (χ2v) is 29.6. The molecular weight excluding hydrogens is 1500 g/mol. The number of hydrogen-bond acceptors (Lipinski definition) is 21. The molecule has 114 heavy (non-hydrogen) atoms. The van der Waals surface area contributed by atoms with Crippen LogP contribution in [0.3, 0.4) is 0 Å². The van der Waals surface area contributed by atoms with Gasteiger partial charge in [-0.3, -0.25) is 72.1 Å². The van der Waals surface area contributed by atoms with Crippen LogP contribution in [0.4, 0.5) is 0 Å². The van der Waals surface area contributed by atoms with Crippen LogP contribution < -0.4 is 104 Å². The lowest BCUT2D eigenvalue weighted by Gasteiger charge is -2.30. The van der Waals surface area contributed by atoms with E-state index < -0.39 is 185 Å². The highest BCUT2D eigenvalue weighted by molar-refractivity contribution is 7.98. The van der Waals surface area contributed by atoms with Crippen molar-refractivity contribution in [2.45, 2.75) is 230 Å². The minimum Gasteiger partial charge on any atom is -0.480 e. The van der Waals surface area contributed by atoms with Gasteiger partial charge in [-0.25, -0.2) is 9.78 Å². The maximum atomic E-state index is 14.9. The normalized spacial score (nSPS) is 14.9. The van der Waals surface area contributed by atoms with Crippen LogP contribution in [-0.2, 0) is 91.2 Å². The lowest BCUT2D eigenvalue weighted by molar-refractivity contribution is -0.142. The SMILES string of the molecule is CC[C@H](C)[C@H](NC(=O)[C@H](Cc1ccccc1)NC(=O)[C@@H](NC(=O)[C@H](C)NC(=O)[C@H](CCSC)NC(=O)[C@H](CCC(N)=O)NC(=O)[C@@H](N)C(C)C)C(C)C)C(=O)N[C@@H](Cc1cnc[nH]1)C(=O)N[C@@H](CC(N)=O)C(=O)N[C@@H](Cc1ccccc1)C(=O)N[C@@H](CCCCN)C(=O)N[C@@H](CCCN=C(N)N)C(=O)N[C@@H](CCCCN)C(=O)O. The molecule has 0 aliphatic carbocycles. The highest BCUT2D eigenvalue weighted by Crippen LogP contribution is 2.16. The van der Waals surface area contributed by atoms with Crippen molar-refractivity contribution in [3.05, 3.63) is 90.0 Å². The topological polar surface area (TPSA) is 644 Å². The number of H-pyrrole nitrogens is 1. The molecule has 0 fully saturated rings. The molecule has 39 heteroatoms. The predicted molar refractivity (Wildman–Crippen MR) is 427 cm³/mol. The van der Waals surface area contributed by atoms with Crippen molar-refractivity contribution in [2.24, 2.45) is 62.9 Å². The summed E-state index contributed by atoms with van der Waals surface area (Å²) in [5.74, 6) is -15.4. The third-order valence-corrected chi connectivity index (χ3v) is 19.2. The first-order chi connectivity index (χ1) is 54.0. The average molecular weight is 1620 g/mol. The fourth-order valence-corrected chi connectivity index (χ4v) is 12.0. The zero-order valence-electron chi connectivity index (χ0n) is 66.2. The van der Waals surface area contributed by atoms with Gasteiger partial charge in [0.2, 0.25) is 82.7 Å². The van der Waals surface area contributed by atoms with Gasteiger partial charge in [-0.2, -0.15) is 11.8 Å². The van der Waals surface area contributed by atoms with E-state index in [1.165, 1.54) is 31.2 Å². The van der Waals surface area contributed by atoms with Crippen LogP contribution in [0.15, 0.2) is 78.2 Å². The molecule has 0 aliphatic heterocycles. The molecule has 0 bridgehead atoms. The van der Waals surface area contributed by atoms with Crippen LogP contribution in [0.1, 0.15) is 149 Å². The summed E-state index contributed by atoms with van der Waals surface area (Å²) >= 11 is 1.36. The summed E-state index contributed by atoms with van der Waals surface area (Å²) in [6.07, 6.45) is 4.10. The molecule has 3 rings (SSSR count). The van der Waals surface area contributed by atoms with Crippen molar-refractivity contribution in [3.8, 4) is 0 Å². The maximum absolute atomic E-state index is 14.9. The van der Waals surface area contributed by atoms with Crippen LogP contribution in [0.25, 0.3) is 0 Å². The monoisotopic (exact) mass is 1620 g/mol. The van der Waals surface area contributed by atoms with Gasteiger partial charge in [0.1, 0.15) is 72.5 Å². The van der Waals surface area contributed by atoms with E-state index in [1.54, 1.807) is 108 Å². The number of carbonyl (C=O) groups is 15. The van der Waals surface area contributed by atoms with Crippen molar-refractivity contribution in [1.29, 1.82) is 0 Å². The molecule has 1 heterocycles. The Morgan fingerprint density at radius 1 is 0.456 bits per heavy atom. The van der Waals surface area contributed by atoms with E-state index in [0.717, 1.165) is 0 Å². The third kappa shape index (κ3) is 35.9. The number of aromatic nitrogens is 2. The number of carboxylic acids is 1. The van der Waals surface area contributed by atoms with Gasteiger partial charge in [-0.1, -0.05) is 109 Å². The summed E-state index contributed by atoms with van der Waals surface area (Å²) < 4.78 is 0. The quantitative estimate of drug-likeness (QED) is 0.0147. The van der Waals surface area contributed by atoms with Crippen molar-refractivity contribution in [2.75, 3.05) is 31.6 Å². The van der Waals surface area contributed by atoms with Gasteiger partial charge in [0, 0.05) is 44.1 Å². The first kappa shape index (κ1) is 97.4. The number of aliphatic imine (C=N–C) groups is 1. The molecule has 0 aliphatic rings. The molecule has 0 saturated heterocycles. The van der Waals surface area contributed by atoms with Gasteiger partial charge in [0.05, 0.1) is 18.8 Å². The van der Waals surface area contributed by atoms with E-state index in [1.807, 2.05) is 0 Å². The number of hydrogen-bond donors (Lipinski definition) is 21. The van der Waals surface area contributed by atoms with Gasteiger partial charge < -0.3 is 114 Å². The fourth-order valence-electron chi connectivity index (χ4n) is 11.6. The van der Waals surface area contributed by atoms with Gasteiger partial charge in [-0.15, -0.1) is 0 Å². The van der Waals surface area contributed by atoms with E-state index in [9.17, 15) is 77.0 Å². The highest BCUT2D eigenvalue weighted by atomic mass is 32.2. The number of aromatic amines is 1. The zero-order valence-corrected chi connectivity index (χ0v) is 67.0. The fraction of sp³-hybridized carbons (Fsp3) is 0.587. The van der Waals surface area contributed by atoms with E-state index in [4.69, 9.17) is 40.1 Å². The number of carbonyl (C=O) groups excluding carboxylic acids is 14. The Hall–Kier alpha value is -10.8. The minimum atomic E-state index is -1.86. The number of imidazole rings is 1. The minimum absolute atomic E-state index is 0.0261. The molecular formula is C75H120N22O16S. The van der Waals surface area contributed by atoms with Gasteiger partial charge in [0.15, 0.2) is 5.96 Å². The Morgan fingerprint density at radius 2 is 0.868 bits per heavy atom. The Labute approximate surface area is 668 Å². The van der Waals surface area contributed by atoms with E-state index in [0.29, 0.717) is 36.1 Å². The van der Waals surface area contributed by atoms with Crippen molar-refractivity contribution in [3.63, 3.8) is 0 Å². The van der Waals surface area contributed by atoms with Crippen LogP contribution in [0, 0.1) is 17.8 Å². The Balaban J connectivity index is 1.99. The van der Waals surface area contributed by atoms with E-state index >= 15 is 0 Å². The number of amides is 14. The molecule has 38 nitrogen and oxygen atoms in total. The standard InChI is InChI=1S/C75H120N22O16S/c1-9-43(6)61(97-70(108)54(36-46-23-14-11-15-24-46)94-72(110)60(42(4)5)96-62(100)44(7)86-63(101)51(30-34-114-8)89-66(104)50(28-29-57(78)98)90-71(109)59(80)41(2)3)73(111)95-55(37-47-39-83-40-85-47)68(106)93-56(38-58(79)99)69(107)92-53(35-45-21-12-10-13-22-45)67(105)88-48(25-16-18-31-76)64(102)87-49(27-20-33-84-75(81)82)65(103)91-52(74(112)113)26-17-19-32-77/h10-15,21-24,39-44,48-56,59-61H,9,16-20,25-38,76-77,80H2,1-8H3,(H2,78,98)(H2,79,99)(H,83,85)(H,86,101)(H,87,102)(H,88,105)(H,89,104)(H,90,109)(H,91,103)(H,92,107)(H,93,106)(H,94,110)(H,95,111)(H,96,100)(H,97,108)(H,112,113)(H4,81,82,84)/t43-,44-,48-,49-,50-,51-,52-,53-,54-,55-,56-,59-,60-,61-/m0/s1. The number of nitrogens with two attached hydrogens (primary N) is 7. The summed E-state index contributed by atoms with van der Waals surface area (Å²) in [6.45, 7) is 11.8. The number of guanidine groups is 1. The molecule has 14 amide bonds. The number of thioether (sulfide) groups is 1. The summed E-state index contributed by atoms with van der Waals surface area (Å²) in [6, 6.07) is -1.62. The molecule has 2 aromatic carbocycles. The number of aliphatic carboxylic acids is 1. The average Bonchev–Trinajstić information content (AvgIpc) is 1.08. The smallest absolute Gasteiger partial charge is 0.326 e. The first-order valence-electron chi connectivity index (χ1n) is 38.2. The Kier molecular flexibility index (Phi) is 44.2. The third-order valence-electron chi connectivity index (χ3n) is 18.6. The molecule has 1 aromatic heterocycles. The van der Waals surface area contributed by atoms with Crippen molar-refractivity contribution < 1.29 is 77.0 Å². The molecule has 0 spiro atoms. The summed E-state index contributed by atoms with van der Waals surface area (Å²) in [5, 5.41) is 41.5. The lowest BCUT2D eigenvalue weighted by atomic mass is 9.96. The number of benzene rings is 2. The highest BCUT2D eigenvalue weighted by Gasteiger charge is 2.39. The number of primary amides is 2. The summed E-state index contributed by atoms with van der Waals surface area (Å²) in [7, 11) is 0. The van der Waals surface area contributed by atoms with Crippen molar-refractivity contribution in [1.82, 2.24) is 73.8 Å². The summed E-state index contributed by atoms with van der Waals surface area (Å²) in [4.78, 5) is 220. The van der Waals surface area contributed by atoms with E-state index in [-0.39, 0.29) is 114 Å². The van der Waals surface area contributed by atoms with Crippen LogP contribution in [-0.4, -0.2) is 220 Å². The van der Waals surface area contributed by atoms with Gasteiger partial charge in [0.25, 0.3) is 0 Å². The molecule has 3 aromatic rings. The molecule has 0 radical (unpaired) electrons. The molecule has 28 N–H and O–H groups in total. The lowest BCUT2D eigenvalue weighted by Crippen LogP contribution is -2.62. The van der Waals surface area contributed by atoms with Gasteiger partial charge >= 0.3 is 5.97 Å². The van der Waals surface area contributed by atoms with Gasteiger partial charge in [-0.05, 0) is 125 Å². The Morgan fingerprint density at radius 3 is 1.32 bits per heavy atom. The van der Waals surface area contributed by atoms with Crippen LogP contribution in [0.5, 0.6) is 0 Å². The number of nitrogens with zero attached hydrogens (tertiary/aromatic N) is 2. The number of carboxylic acid groups (broad SMARTS) is 1. The zero-order chi connectivity index (χ0) is 85.1. The molecule has 0 saturated carbocycles. The predicted octanol–water partition coefficient (Wildman–Crippen LogP) is -3.75. The maximum Gasteiger partial charge on any atom is 0.326 e. The largest absolute Gasteiger partial charge is 0.480 e. The molecule has 14 atom stereocenters. The number of nitrogens with one attached hydrogen (secondary N) is 13. The van der Waals surface area contributed by atoms with Crippen LogP contribution in [0.2, 0.25) is 0 Å². The van der Waals surface area contributed by atoms with Crippen molar-refractivity contribution >= 4 is 106 Å². The Bertz CT molecular complexity index is 3650.